The van der Waals surface area contributed by atoms with E-state index in [1.807, 2.05) is 6.92 Å². The quantitative estimate of drug-likeness (QED) is 0.731. The second-order valence-electron chi connectivity index (χ2n) is 4.38. The Morgan fingerprint density at radius 2 is 2.06 bits per heavy atom. The van der Waals surface area contributed by atoms with Crippen molar-refractivity contribution in [2.75, 3.05) is 26.7 Å². The summed E-state index contributed by atoms with van der Waals surface area (Å²) in [5, 5.41) is 2.83. The minimum atomic E-state index is -0.0188. The molecule has 2 amide bonds. The van der Waals surface area contributed by atoms with Crippen LogP contribution in [0, 0.1) is 0 Å². The molecule has 4 nitrogen and oxygen atoms in total. The van der Waals surface area contributed by atoms with Crippen molar-refractivity contribution in [2.45, 2.75) is 45.1 Å². The van der Waals surface area contributed by atoms with Gasteiger partial charge >= 0.3 is 6.03 Å². The minimum absolute atomic E-state index is 0.0188. The van der Waals surface area contributed by atoms with Crippen molar-refractivity contribution in [3.63, 3.8) is 0 Å². The van der Waals surface area contributed by atoms with Crippen LogP contribution in [-0.4, -0.2) is 43.8 Å². The Kier molecular flexibility index (Phi) is 6.23. The maximum Gasteiger partial charge on any atom is 0.317 e. The van der Waals surface area contributed by atoms with Crippen molar-refractivity contribution < 1.29 is 9.53 Å². The first-order chi connectivity index (χ1) is 7.74. The Morgan fingerprint density at radius 1 is 1.38 bits per heavy atom. The second kappa shape index (κ2) is 7.49. The van der Waals surface area contributed by atoms with Crippen molar-refractivity contribution in [2.24, 2.45) is 0 Å². The van der Waals surface area contributed by atoms with Crippen LogP contribution in [0.2, 0.25) is 0 Å². The average molecular weight is 228 g/mol. The van der Waals surface area contributed by atoms with Gasteiger partial charge in [-0.1, -0.05) is 19.3 Å². The van der Waals surface area contributed by atoms with E-state index in [4.69, 9.17) is 4.74 Å². The highest BCUT2D eigenvalue weighted by Crippen LogP contribution is 2.19. The molecule has 1 rings (SSSR count). The number of hydrogen-bond donors (Lipinski definition) is 1. The molecule has 0 aromatic rings. The highest BCUT2D eigenvalue weighted by atomic mass is 16.5. The summed E-state index contributed by atoms with van der Waals surface area (Å²) in [6, 6.07) is -0.0188. The molecule has 0 bridgehead atoms. The Hall–Kier alpha value is -0.770. The van der Waals surface area contributed by atoms with E-state index >= 15 is 0 Å². The van der Waals surface area contributed by atoms with Crippen LogP contribution in [0.1, 0.15) is 39.0 Å². The Labute approximate surface area is 98.3 Å². The molecule has 1 aliphatic rings. The van der Waals surface area contributed by atoms with Crippen LogP contribution >= 0.6 is 0 Å². The number of nitrogens with one attached hydrogen (secondary N) is 1. The van der Waals surface area contributed by atoms with E-state index in [2.05, 4.69) is 5.32 Å². The maximum atomic E-state index is 11.4. The van der Waals surface area contributed by atoms with Crippen LogP contribution in [-0.2, 0) is 4.74 Å². The minimum Gasteiger partial charge on any atom is -0.376 e. The zero-order valence-electron chi connectivity index (χ0n) is 10.5. The van der Waals surface area contributed by atoms with E-state index in [0.717, 1.165) is 6.54 Å². The molecule has 94 valence electrons. The van der Waals surface area contributed by atoms with Crippen LogP contribution < -0.4 is 5.32 Å². The van der Waals surface area contributed by atoms with Gasteiger partial charge in [0.1, 0.15) is 0 Å². The first-order valence-corrected chi connectivity index (χ1v) is 6.34. The fourth-order valence-electron chi connectivity index (χ4n) is 1.89. The summed E-state index contributed by atoms with van der Waals surface area (Å²) in [6.07, 6.45) is 6.71. The molecule has 0 atom stereocenters. The summed E-state index contributed by atoms with van der Waals surface area (Å²) in [7, 11) is 1.79. The fourth-order valence-corrected chi connectivity index (χ4v) is 1.89. The van der Waals surface area contributed by atoms with Gasteiger partial charge in [-0.25, -0.2) is 4.79 Å². The molecular weight excluding hydrogens is 204 g/mol. The summed E-state index contributed by atoms with van der Waals surface area (Å²) in [6.45, 7) is 3.93. The molecule has 1 N–H and O–H groups in total. The lowest BCUT2D eigenvalue weighted by molar-refractivity contribution is 0.0308. The van der Waals surface area contributed by atoms with Crippen LogP contribution in [0.3, 0.4) is 0 Å². The molecule has 0 aliphatic heterocycles. The number of amides is 2. The number of rotatable bonds is 5. The molecule has 0 unspecified atom stereocenters. The number of carbonyl (C=O) groups is 1. The molecule has 0 spiro atoms. The Balaban J connectivity index is 2.00. The third kappa shape index (κ3) is 4.84. The van der Waals surface area contributed by atoms with Gasteiger partial charge in [-0.15, -0.1) is 0 Å². The van der Waals surface area contributed by atoms with Crippen molar-refractivity contribution in [1.29, 1.82) is 0 Å². The van der Waals surface area contributed by atoms with E-state index in [-0.39, 0.29) is 6.03 Å². The van der Waals surface area contributed by atoms with Gasteiger partial charge < -0.3 is 15.0 Å². The van der Waals surface area contributed by atoms with Gasteiger partial charge in [0.15, 0.2) is 0 Å². The van der Waals surface area contributed by atoms with Gasteiger partial charge in [-0.2, -0.15) is 0 Å². The maximum absolute atomic E-state index is 11.4. The summed E-state index contributed by atoms with van der Waals surface area (Å²) >= 11 is 0. The lowest BCUT2D eigenvalue weighted by Crippen LogP contribution is -2.39. The van der Waals surface area contributed by atoms with Crippen molar-refractivity contribution >= 4 is 6.03 Å². The van der Waals surface area contributed by atoms with Gasteiger partial charge in [0, 0.05) is 20.1 Å². The van der Waals surface area contributed by atoms with E-state index in [0.29, 0.717) is 19.3 Å². The van der Waals surface area contributed by atoms with E-state index in [1.54, 1.807) is 11.9 Å². The molecule has 0 heterocycles. The standard InChI is InChI=1S/C12H24N2O2/c1-3-14(2)12(15)13-9-10-16-11-7-5-4-6-8-11/h11H,3-10H2,1-2H3,(H,13,15). The predicted molar refractivity (Wildman–Crippen MR) is 64.5 cm³/mol. The second-order valence-corrected chi connectivity index (χ2v) is 4.38. The smallest absolute Gasteiger partial charge is 0.317 e. The van der Waals surface area contributed by atoms with E-state index in [1.165, 1.54) is 32.1 Å². The van der Waals surface area contributed by atoms with Crippen LogP contribution in [0.5, 0.6) is 0 Å². The Morgan fingerprint density at radius 3 is 2.69 bits per heavy atom. The molecule has 1 saturated carbocycles. The first kappa shape index (κ1) is 13.3. The van der Waals surface area contributed by atoms with Crippen LogP contribution in [0.15, 0.2) is 0 Å². The van der Waals surface area contributed by atoms with Crippen molar-refractivity contribution in [3.8, 4) is 0 Å². The zero-order valence-corrected chi connectivity index (χ0v) is 10.5. The molecule has 1 aliphatic carbocycles. The van der Waals surface area contributed by atoms with Gasteiger partial charge in [0.05, 0.1) is 12.7 Å². The molecule has 0 radical (unpaired) electrons. The van der Waals surface area contributed by atoms with Gasteiger partial charge in [-0.3, -0.25) is 0 Å². The van der Waals surface area contributed by atoms with E-state index in [9.17, 15) is 4.79 Å². The zero-order chi connectivity index (χ0) is 11.8. The van der Waals surface area contributed by atoms with Gasteiger partial charge in [-0.05, 0) is 19.8 Å². The van der Waals surface area contributed by atoms with Crippen molar-refractivity contribution in [1.82, 2.24) is 10.2 Å². The predicted octanol–water partition coefficient (Wildman–Crippen LogP) is 2.00. The lowest BCUT2D eigenvalue weighted by atomic mass is 9.98. The molecule has 0 aromatic carbocycles. The summed E-state index contributed by atoms with van der Waals surface area (Å²) in [5.41, 5.74) is 0. The lowest BCUT2D eigenvalue weighted by Gasteiger charge is -2.22. The van der Waals surface area contributed by atoms with Crippen molar-refractivity contribution in [3.05, 3.63) is 0 Å². The molecular formula is C12H24N2O2. The number of hydrogen-bond acceptors (Lipinski definition) is 2. The largest absolute Gasteiger partial charge is 0.376 e. The summed E-state index contributed by atoms with van der Waals surface area (Å²) in [5.74, 6) is 0. The number of nitrogens with zero attached hydrogens (tertiary/aromatic N) is 1. The number of ether oxygens (including phenoxy) is 1. The third-order valence-electron chi connectivity index (χ3n) is 3.11. The average Bonchev–Trinajstić information content (AvgIpc) is 2.34. The topological polar surface area (TPSA) is 41.6 Å². The van der Waals surface area contributed by atoms with Gasteiger partial charge in [0.25, 0.3) is 0 Å². The molecule has 1 fully saturated rings. The van der Waals surface area contributed by atoms with Gasteiger partial charge in [0.2, 0.25) is 0 Å². The fraction of sp³-hybridized carbons (Fsp3) is 0.917. The molecule has 16 heavy (non-hydrogen) atoms. The molecule has 0 aromatic heterocycles. The van der Waals surface area contributed by atoms with E-state index < -0.39 is 0 Å². The normalized spacial score (nSPS) is 17.1. The third-order valence-corrected chi connectivity index (χ3v) is 3.11. The summed E-state index contributed by atoms with van der Waals surface area (Å²) < 4.78 is 5.71. The number of urea groups is 1. The van der Waals surface area contributed by atoms with Crippen LogP contribution in [0.25, 0.3) is 0 Å². The highest BCUT2D eigenvalue weighted by molar-refractivity contribution is 5.73. The molecule has 4 heteroatoms. The monoisotopic (exact) mass is 228 g/mol. The SMILES string of the molecule is CCN(C)C(=O)NCCOC1CCCCC1. The highest BCUT2D eigenvalue weighted by Gasteiger charge is 2.13. The summed E-state index contributed by atoms with van der Waals surface area (Å²) in [4.78, 5) is 13.0. The van der Waals surface area contributed by atoms with Crippen LogP contribution in [0.4, 0.5) is 4.79 Å². The first-order valence-electron chi connectivity index (χ1n) is 6.34. The molecule has 0 saturated heterocycles. The Bertz CT molecular complexity index is 203. The number of carbonyl (C=O) groups excluding carboxylic acids is 1.